The Morgan fingerprint density at radius 1 is 1.07 bits per heavy atom. The molecule has 0 atom stereocenters. The number of benzene rings is 1. The molecule has 2 fully saturated rings. The summed E-state index contributed by atoms with van der Waals surface area (Å²) in [5, 5.41) is 6.67. The number of piperidine rings is 1. The van der Waals surface area contributed by atoms with Gasteiger partial charge in [-0.3, -0.25) is 4.79 Å². The second kappa shape index (κ2) is 9.69. The highest BCUT2D eigenvalue weighted by molar-refractivity contribution is 5.93. The summed E-state index contributed by atoms with van der Waals surface area (Å²) in [4.78, 5) is 15.1. The molecular weight excluding hydrogens is 388 g/mol. The van der Waals surface area contributed by atoms with Crippen LogP contribution in [0.4, 0.5) is 8.78 Å². The number of halogens is 2. The van der Waals surface area contributed by atoms with Crippen LogP contribution in [-0.4, -0.2) is 41.6 Å². The third kappa shape index (κ3) is 5.06. The van der Waals surface area contributed by atoms with Crippen LogP contribution in [-0.2, 0) is 0 Å². The van der Waals surface area contributed by atoms with Gasteiger partial charge in [-0.2, -0.15) is 0 Å². The summed E-state index contributed by atoms with van der Waals surface area (Å²) in [7, 11) is 0. The first-order chi connectivity index (χ1) is 14.6. The van der Waals surface area contributed by atoms with Crippen LogP contribution in [0, 0.1) is 17.6 Å². The van der Waals surface area contributed by atoms with Gasteiger partial charge in [-0.05, 0) is 56.8 Å². The summed E-state index contributed by atoms with van der Waals surface area (Å²) in [6.45, 7) is 2.80. The summed E-state index contributed by atoms with van der Waals surface area (Å²) >= 11 is 0. The van der Waals surface area contributed by atoms with E-state index in [0.29, 0.717) is 12.5 Å². The van der Waals surface area contributed by atoms with Gasteiger partial charge in [0.2, 0.25) is 0 Å². The van der Waals surface area contributed by atoms with Crippen molar-refractivity contribution in [3.63, 3.8) is 0 Å². The molecule has 0 unspecified atom stereocenters. The number of carbonyl (C=O) groups is 1. The molecule has 1 saturated heterocycles. The second-order valence-electron chi connectivity index (χ2n) is 8.54. The van der Waals surface area contributed by atoms with Crippen molar-refractivity contribution in [2.24, 2.45) is 5.92 Å². The van der Waals surface area contributed by atoms with Gasteiger partial charge in [0.25, 0.3) is 5.91 Å². The lowest BCUT2D eigenvalue weighted by molar-refractivity contribution is 0.0909. The standard InChI is InChI=1S/C23H29F2N3O2/c24-17-7-8-19(20(25)13-17)22-14-21(27-30-22)23(29)26-15-16-9-11-28(12-10-16)18-5-3-1-2-4-6-18/h7-8,13-14,16,18H,1-6,9-12,15H2,(H,26,29). The molecule has 162 valence electrons. The largest absolute Gasteiger partial charge is 0.355 e. The predicted octanol–water partition coefficient (Wildman–Crippen LogP) is 4.78. The molecule has 0 bridgehead atoms. The second-order valence-corrected chi connectivity index (χ2v) is 8.54. The Labute approximate surface area is 175 Å². The van der Waals surface area contributed by atoms with Crippen LogP contribution in [0.25, 0.3) is 11.3 Å². The summed E-state index contributed by atoms with van der Waals surface area (Å²) < 4.78 is 32.1. The van der Waals surface area contributed by atoms with E-state index >= 15 is 0 Å². The Balaban J connectivity index is 1.26. The van der Waals surface area contributed by atoms with E-state index < -0.39 is 11.6 Å². The highest BCUT2D eigenvalue weighted by Gasteiger charge is 2.26. The van der Waals surface area contributed by atoms with Gasteiger partial charge in [-0.25, -0.2) is 8.78 Å². The third-order valence-corrected chi connectivity index (χ3v) is 6.48. The number of likely N-dealkylation sites (tertiary alicyclic amines) is 1. The minimum atomic E-state index is -0.751. The number of rotatable bonds is 5. The van der Waals surface area contributed by atoms with Gasteiger partial charge in [0.05, 0.1) is 5.56 Å². The molecule has 1 aromatic carbocycles. The van der Waals surface area contributed by atoms with Crippen molar-refractivity contribution in [3.05, 3.63) is 41.6 Å². The fraction of sp³-hybridized carbons (Fsp3) is 0.565. The van der Waals surface area contributed by atoms with Crippen molar-refractivity contribution in [1.82, 2.24) is 15.4 Å². The predicted molar refractivity (Wildman–Crippen MR) is 110 cm³/mol. The highest BCUT2D eigenvalue weighted by Crippen LogP contribution is 2.27. The number of hydrogen-bond donors (Lipinski definition) is 1. The van der Waals surface area contributed by atoms with E-state index in [1.54, 1.807) is 0 Å². The lowest BCUT2D eigenvalue weighted by Gasteiger charge is -2.37. The van der Waals surface area contributed by atoms with Crippen LogP contribution in [0.1, 0.15) is 61.9 Å². The van der Waals surface area contributed by atoms with Crippen molar-refractivity contribution in [2.45, 2.75) is 57.4 Å². The van der Waals surface area contributed by atoms with E-state index in [4.69, 9.17) is 4.52 Å². The monoisotopic (exact) mass is 417 g/mol. The lowest BCUT2D eigenvalue weighted by atomic mass is 9.94. The smallest absolute Gasteiger partial charge is 0.273 e. The van der Waals surface area contributed by atoms with Crippen LogP contribution in [0.5, 0.6) is 0 Å². The fourth-order valence-corrected chi connectivity index (χ4v) is 4.67. The third-order valence-electron chi connectivity index (χ3n) is 6.48. The van der Waals surface area contributed by atoms with Crippen LogP contribution in [0.3, 0.4) is 0 Å². The first kappa shape index (κ1) is 21.0. The van der Waals surface area contributed by atoms with Gasteiger partial charge >= 0.3 is 0 Å². The highest BCUT2D eigenvalue weighted by atomic mass is 19.1. The van der Waals surface area contributed by atoms with Crippen molar-refractivity contribution in [1.29, 1.82) is 0 Å². The maximum absolute atomic E-state index is 13.9. The molecule has 2 heterocycles. The lowest BCUT2D eigenvalue weighted by Crippen LogP contribution is -2.43. The van der Waals surface area contributed by atoms with Crippen molar-refractivity contribution < 1.29 is 18.1 Å². The molecule has 0 spiro atoms. The summed E-state index contributed by atoms with van der Waals surface area (Å²) in [6.07, 6.45) is 10.3. The first-order valence-electron chi connectivity index (χ1n) is 11.0. The number of nitrogens with zero attached hydrogens (tertiary/aromatic N) is 2. The zero-order valence-corrected chi connectivity index (χ0v) is 17.2. The van der Waals surface area contributed by atoms with Crippen molar-refractivity contribution in [3.8, 4) is 11.3 Å². The first-order valence-corrected chi connectivity index (χ1v) is 11.0. The molecule has 1 saturated carbocycles. The Morgan fingerprint density at radius 2 is 1.80 bits per heavy atom. The van der Waals surface area contributed by atoms with E-state index in [1.807, 2.05) is 0 Å². The molecule has 4 rings (SSSR count). The molecule has 0 radical (unpaired) electrons. The minimum Gasteiger partial charge on any atom is -0.355 e. The molecule has 1 amide bonds. The molecule has 1 aromatic heterocycles. The molecule has 2 aromatic rings. The van der Waals surface area contributed by atoms with E-state index in [-0.39, 0.29) is 22.9 Å². The van der Waals surface area contributed by atoms with Gasteiger partial charge in [0.1, 0.15) is 11.6 Å². The minimum absolute atomic E-state index is 0.0776. The van der Waals surface area contributed by atoms with Crippen LogP contribution in [0.15, 0.2) is 28.8 Å². The summed E-state index contributed by atoms with van der Waals surface area (Å²) in [5.74, 6) is -1.19. The van der Waals surface area contributed by atoms with Gasteiger partial charge in [0.15, 0.2) is 11.5 Å². The Kier molecular flexibility index (Phi) is 6.77. The van der Waals surface area contributed by atoms with Gasteiger partial charge < -0.3 is 14.7 Å². The van der Waals surface area contributed by atoms with E-state index in [2.05, 4.69) is 15.4 Å². The number of aromatic nitrogens is 1. The molecule has 1 aliphatic heterocycles. The quantitative estimate of drug-likeness (QED) is 0.711. The molecule has 1 N–H and O–H groups in total. The zero-order chi connectivity index (χ0) is 20.9. The molecule has 30 heavy (non-hydrogen) atoms. The Hall–Kier alpha value is -2.28. The fourth-order valence-electron chi connectivity index (χ4n) is 4.67. The average Bonchev–Trinajstić information content (AvgIpc) is 3.07. The van der Waals surface area contributed by atoms with Crippen LogP contribution < -0.4 is 5.32 Å². The zero-order valence-electron chi connectivity index (χ0n) is 17.2. The average molecular weight is 418 g/mol. The molecule has 2 aliphatic rings. The van der Waals surface area contributed by atoms with Crippen molar-refractivity contribution in [2.75, 3.05) is 19.6 Å². The van der Waals surface area contributed by atoms with Crippen LogP contribution in [0.2, 0.25) is 0 Å². The number of carbonyl (C=O) groups excluding carboxylic acids is 1. The maximum Gasteiger partial charge on any atom is 0.273 e. The Morgan fingerprint density at radius 3 is 2.50 bits per heavy atom. The summed E-state index contributed by atoms with van der Waals surface area (Å²) in [6, 6.07) is 5.32. The topological polar surface area (TPSA) is 58.4 Å². The maximum atomic E-state index is 13.9. The van der Waals surface area contributed by atoms with E-state index in [1.165, 1.54) is 50.7 Å². The molecule has 7 heteroatoms. The number of amides is 1. The Bertz CT molecular complexity index is 854. The van der Waals surface area contributed by atoms with E-state index in [9.17, 15) is 13.6 Å². The molecular formula is C23H29F2N3O2. The molecule has 1 aliphatic carbocycles. The number of nitrogens with one attached hydrogen (secondary N) is 1. The normalized spacial score (nSPS) is 19.5. The van der Waals surface area contributed by atoms with Gasteiger partial charge in [0, 0.05) is 24.7 Å². The van der Waals surface area contributed by atoms with E-state index in [0.717, 1.165) is 44.1 Å². The summed E-state index contributed by atoms with van der Waals surface area (Å²) in [5.41, 5.74) is 0.179. The number of hydrogen-bond acceptors (Lipinski definition) is 4. The van der Waals surface area contributed by atoms with Crippen molar-refractivity contribution >= 4 is 5.91 Å². The SMILES string of the molecule is O=C(NCC1CCN(C2CCCCCC2)CC1)c1cc(-c2ccc(F)cc2F)on1. The van der Waals surface area contributed by atoms with Crippen LogP contribution >= 0.6 is 0 Å². The van der Waals surface area contributed by atoms with Gasteiger partial charge in [-0.1, -0.05) is 30.8 Å². The van der Waals surface area contributed by atoms with Gasteiger partial charge in [-0.15, -0.1) is 0 Å². The molecule has 5 nitrogen and oxygen atoms in total.